The molecule has 0 bridgehead atoms. The molecule has 3 aromatic rings. The van der Waals surface area contributed by atoms with Gasteiger partial charge in [0, 0.05) is 17.8 Å². The third-order valence-electron chi connectivity index (χ3n) is 4.57. The van der Waals surface area contributed by atoms with Gasteiger partial charge < -0.3 is 5.32 Å². The largest absolute Gasteiger partial charge is 0.324 e. The van der Waals surface area contributed by atoms with Gasteiger partial charge in [-0.1, -0.05) is 42.5 Å². The minimum absolute atomic E-state index is 0.264. The summed E-state index contributed by atoms with van der Waals surface area (Å²) < 4.78 is 0. The van der Waals surface area contributed by atoms with E-state index in [2.05, 4.69) is 37.5 Å². The van der Waals surface area contributed by atoms with E-state index >= 15 is 0 Å². The highest BCUT2D eigenvalue weighted by Gasteiger charge is 2.11. The molecule has 2 heterocycles. The summed E-state index contributed by atoms with van der Waals surface area (Å²) in [6.07, 6.45) is 2.59. The number of hydrogen-bond acceptors (Lipinski definition) is 5. The van der Waals surface area contributed by atoms with Crippen LogP contribution in [0.5, 0.6) is 0 Å². The van der Waals surface area contributed by atoms with Gasteiger partial charge in [-0.2, -0.15) is 0 Å². The van der Waals surface area contributed by atoms with E-state index in [-0.39, 0.29) is 5.56 Å². The number of nitrogens with zero attached hydrogens (tertiary/aromatic N) is 3. The lowest BCUT2D eigenvalue weighted by atomic mass is 10.2. The minimum Gasteiger partial charge on any atom is -0.324 e. The first kappa shape index (κ1) is 16.5. The normalized spacial score (nSPS) is 14.5. The number of benzene rings is 2. The number of likely N-dealkylation sites (tertiary alicyclic amines) is 1. The van der Waals surface area contributed by atoms with Crippen LogP contribution in [-0.2, 0) is 6.54 Å². The zero-order chi connectivity index (χ0) is 17.8. The second-order valence-electron chi connectivity index (χ2n) is 6.52. The number of aromatic nitrogens is 3. The molecule has 1 aliphatic rings. The van der Waals surface area contributed by atoms with E-state index in [0.717, 1.165) is 17.8 Å². The Bertz CT molecular complexity index is 915. The molecule has 1 fully saturated rings. The highest BCUT2D eigenvalue weighted by Crippen LogP contribution is 2.17. The molecule has 6 heteroatoms. The number of anilines is 2. The molecular weight excluding hydrogens is 326 g/mol. The lowest BCUT2D eigenvalue weighted by molar-refractivity contribution is 0.331. The van der Waals surface area contributed by atoms with Crippen molar-refractivity contribution in [3.63, 3.8) is 0 Å². The molecule has 6 nitrogen and oxygen atoms in total. The topological polar surface area (TPSA) is 73.9 Å². The zero-order valence-corrected chi connectivity index (χ0v) is 14.5. The van der Waals surface area contributed by atoms with Crippen molar-refractivity contribution in [3.8, 4) is 11.3 Å². The number of aromatic amines is 1. The van der Waals surface area contributed by atoms with Crippen molar-refractivity contribution in [2.75, 3.05) is 18.4 Å². The monoisotopic (exact) mass is 347 g/mol. The predicted molar refractivity (Wildman–Crippen MR) is 102 cm³/mol. The Labute approximate surface area is 151 Å². The average molecular weight is 347 g/mol. The van der Waals surface area contributed by atoms with E-state index in [1.165, 1.54) is 31.5 Å². The Morgan fingerprint density at radius 2 is 1.69 bits per heavy atom. The van der Waals surface area contributed by atoms with Crippen LogP contribution in [0.3, 0.4) is 0 Å². The maximum atomic E-state index is 12.3. The maximum Gasteiger partial charge on any atom is 0.279 e. The van der Waals surface area contributed by atoms with Gasteiger partial charge in [-0.3, -0.25) is 14.7 Å². The molecule has 2 N–H and O–H groups in total. The van der Waals surface area contributed by atoms with E-state index in [0.29, 0.717) is 11.6 Å². The first-order chi connectivity index (χ1) is 12.8. The first-order valence-corrected chi connectivity index (χ1v) is 8.89. The van der Waals surface area contributed by atoms with Gasteiger partial charge >= 0.3 is 0 Å². The van der Waals surface area contributed by atoms with Crippen LogP contribution < -0.4 is 10.9 Å². The average Bonchev–Trinajstić information content (AvgIpc) is 3.17. The Morgan fingerprint density at radius 3 is 2.38 bits per heavy atom. The molecule has 0 saturated carbocycles. The van der Waals surface area contributed by atoms with E-state index < -0.39 is 0 Å². The summed E-state index contributed by atoms with van der Waals surface area (Å²) in [6.45, 7) is 3.36. The number of nitrogens with one attached hydrogen (secondary N) is 2. The third kappa shape index (κ3) is 3.81. The van der Waals surface area contributed by atoms with E-state index in [9.17, 15) is 4.79 Å². The molecule has 132 valence electrons. The van der Waals surface area contributed by atoms with Gasteiger partial charge in [0.15, 0.2) is 5.69 Å². The standard InChI is InChI=1S/C20H21N5O/c26-19-18(16-6-2-1-3-7-16)23-24-20(22-19)21-17-10-8-15(9-11-17)14-25-12-4-5-13-25/h1-3,6-11H,4-5,12-14H2,(H2,21,22,24,26). The highest BCUT2D eigenvalue weighted by molar-refractivity contribution is 5.58. The molecule has 2 aromatic carbocycles. The molecule has 1 aromatic heterocycles. The van der Waals surface area contributed by atoms with Crippen LogP contribution in [-0.4, -0.2) is 33.2 Å². The predicted octanol–water partition coefficient (Wildman–Crippen LogP) is 3.17. The van der Waals surface area contributed by atoms with Crippen LogP contribution in [0, 0.1) is 0 Å². The van der Waals surface area contributed by atoms with E-state index in [4.69, 9.17) is 0 Å². The fourth-order valence-electron chi connectivity index (χ4n) is 3.21. The smallest absolute Gasteiger partial charge is 0.279 e. The Kier molecular flexibility index (Phi) is 4.75. The summed E-state index contributed by atoms with van der Waals surface area (Å²) in [6, 6.07) is 17.5. The number of hydrogen-bond donors (Lipinski definition) is 2. The SMILES string of the molecule is O=c1[nH]c(Nc2ccc(CN3CCCC3)cc2)nnc1-c1ccccc1. The molecule has 4 rings (SSSR count). The zero-order valence-electron chi connectivity index (χ0n) is 14.5. The summed E-state index contributed by atoms with van der Waals surface area (Å²) >= 11 is 0. The molecular formula is C20H21N5O. The number of rotatable bonds is 5. The van der Waals surface area contributed by atoms with Gasteiger partial charge in [0.05, 0.1) is 0 Å². The van der Waals surface area contributed by atoms with Gasteiger partial charge in [-0.15, -0.1) is 10.2 Å². The van der Waals surface area contributed by atoms with Crippen LogP contribution >= 0.6 is 0 Å². The summed E-state index contributed by atoms with van der Waals surface area (Å²) in [5.74, 6) is 0.335. The van der Waals surface area contributed by atoms with Crippen LogP contribution in [0.2, 0.25) is 0 Å². The Morgan fingerprint density at radius 1 is 0.962 bits per heavy atom. The quantitative estimate of drug-likeness (QED) is 0.741. The van der Waals surface area contributed by atoms with Crippen molar-refractivity contribution in [2.24, 2.45) is 0 Å². The van der Waals surface area contributed by atoms with Crippen LogP contribution in [0.15, 0.2) is 59.4 Å². The summed E-state index contributed by atoms with van der Waals surface area (Å²) in [5, 5.41) is 11.3. The molecule has 26 heavy (non-hydrogen) atoms. The summed E-state index contributed by atoms with van der Waals surface area (Å²) in [5.41, 5.74) is 2.96. The molecule has 0 spiro atoms. The molecule has 0 aliphatic carbocycles. The third-order valence-corrected chi connectivity index (χ3v) is 4.57. The van der Waals surface area contributed by atoms with Crippen molar-refractivity contribution in [1.29, 1.82) is 0 Å². The van der Waals surface area contributed by atoms with Gasteiger partial charge in [0.1, 0.15) is 0 Å². The minimum atomic E-state index is -0.264. The van der Waals surface area contributed by atoms with E-state index in [1.807, 2.05) is 42.5 Å². The van der Waals surface area contributed by atoms with Crippen LogP contribution in [0.4, 0.5) is 11.6 Å². The van der Waals surface area contributed by atoms with Crippen molar-refractivity contribution < 1.29 is 0 Å². The molecule has 0 amide bonds. The van der Waals surface area contributed by atoms with Gasteiger partial charge in [0.25, 0.3) is 5.56 Å². The lowest BCUT2D eigenvalue weighted by Crippen LogP contribution is -2.18. The van der Waals surface area contributed by atoms with Gasteiger partial charge in [-0.05, 0) is 43.6 Å². The lowest BCUT2D eigenvalue weighted by Gasteiger charge is -2.14. The van der Waals surface area contributed by atoms with E-state index in [1.54, 1.807) is 0 Å². The van der Waals surface area contributed by atoms with Crippen LogP contribution in [0.25, 0.3) is 11.3 Å². The fourth-order valence-corrected chi connectivity index (χ4v) is 3.21. The Hall–Kier alpha value is -2.99. The molecule has 0 atom stereocenters. The highest BCUT2D eigenvalue weighted by atomic mass is 16.1. The molecule has 1 aliphatic heterocycles. The fraction of sp³-hybridized carbons (Fsp3) is 0.250. The first-order valence-electron chi connectivity index (χ1n) is 8.89. The van der Waals surface area contributed by atoms with Gasteiger partial charge in [0.2, 0.25) is 5.95 Å². The van der Waals surface area contributed by atoms with Crippen molar-refractivity contribution in [1.82, 2.24) is 20.1 Å². The maximum absolute atomic E-state index is 12.3. The summed E-state index contributed by atoms with van der Waals surface area (Å²) in [7, 11) is 0. The molecule has 1 saturated heterocycles. The second-order valence-corrected chi connectivity index (χ2v) is 6.52. The molecule has 0 radical (unpaired) electrons. The summed E-state index contributed by atoms with van der Waals surface area (Å²) in [4.78, 5) is 17.5. The second kappa shape index (κ2) is 7.49. The van der Waals surface area contributed by atoms with Crippen molar-refractivity contribution in [3.05, 3.63) is 70.5 Å². The van der Waals surface area contributed by atoms with Crippen molar-refractivity contribution in [2.45, 2.75) is 19.4 Å². The van der Waals surface area contributed by atoms with Crippen LogP contribution in [0.1, 0.15) is 18.4 Å². The number of H-pyrrole nitrogens is 1. The molecule has 0 unspecified atom stereocenters. The Balaban J connectivity index is 1.45. The van der Waals surface area contributed by atoms with Gasteiger partial charge in [-0.25, -0.2) is 0 Å². The van der Waals surface area contributed by atoms with Crippen molar-refractivity contribution >= 4 is 11.6 Å².